The average molecular weight is 325 g/mol. The maximum absolute atomic E-state index is 12.6. The SMILES string of the molecule is CCC(C(=O)NCc1ccccn1)N1C(=O)COc2ccccc21. The fourth-order valence-corrected chi connectivity index (χ4v) is 2.75. The van der Waals surface area contributed by atoms with Crippen LogP contribution in [0.4, 0.5) is 5.69 Å². The highest BCUT2D eigenvalue weighted by molar-refractivity contribution is 6.03. The van der Waals surface area contributed by atoms with Gasteiger partial charge in [-0.25, -0.2) is 0 Å². The molecule has 0 fully saturated rings. The monoisotopic (exact) mass is 325 g/mol. The number of anilines is 1. The van der Waals surface area contributed by atoms with Crippen LogP contribution in [0.2, 0.25) is 0 Å². The second kappa shape index (κ2) is 7.12. The molecule has 1 aromatic carbocycles. The number of para-hydroxylation sites is 2. The van der Waals surface area contributed by atoms with Crippen LogP contribution >= 0.6 is 0 Å². The normalized spacial score (nSPS) is 14.5. The van der Waals surface area contributed by atoms with Gasteiger partial charge in [-0.1, -0.05) is 25.1 Å². The van der Waals surface area contributed by atoms with Gasteiger partial charge in [0, 0.05) is 6.20 Å². The van der Waals surface area contributed by atoms with Crippen molar-refractivity contribution in [3.63, 3.8) is 0 Å². The molecule has 0 saturated heterocycles. The van der Waals surface area contributed by atoms with E-state index in [9.17, 15) is 9.59 Å². The van der Waals surface area contributed by atoms with Gasteiger partial charge in [-0.05, 0) is 30.7 Å². The van der Waals surface area contributed by atoms with Gasteiger partial charge in [0.1, 0.15) is 11.8 Å². The first-order valence-corrected chi connectivity index (χ1v) is 7.92. The molecule has 1 aliphatic rings. The Hall–Kier alpha value is -2.89. The summed E-state index contributed by atoms with van der Waals surface area (Å²) in [5.41, 5.74) is 1.41. The van der Waals surface area contributed by atoms with Crippen LogP contribution in [-0.2, 0) is 16.1 Å². The fraction of sp³-hybridized carbons (Fsp3) is 0.278. The number of benzene rings is 1. The van der Waals surface area contributed by atoms with Crippen molar-refractivity contribution in [3.05, 3.63) is 54.4 Å². The summed E-state index contributed by atoms with van der Waals surface area (Å²) in [4.78, 5) is 30.7. The summed E-state index contributed by atoms with van der Waals surface area (Å²) in [6.45, 7) is 2.16. The second-order valence-electron chi connectivity index (χ2n) is 5.48. The minimum atomic E-state index is -0.578. The van der Waals surface area contributed by atoms with Gasteiger partial charge in [0.25, 0.3) is 5.91 Å². The molecule has 24 heavy (non-hydrogen) atoms. The summed E-state index contributed by atoms with van der Waals surface area (Å²) < 4.78 is 5.44. The Kier molecular flexibility index (Phi) is 4.74. The highest BCUT2D eigenvalue weighted by Crippen LogP contribution is 2.33. The molecule has 0 bridgehead atoms. The molecule has 6 heteroatoms. The van der Waals surface area contributed by atoms with Crippen LogP contribution in [0.1, 0.15) is 19.0 Å². The van der Waals surface area contributed by atoms with Gasteiger partial charge in [-0.15, -0.1) is 0 Å². The van der Waals surface area contributed by atoms with Crippen molar-refractivity contribution in [2.45, 2.75) is 25.9 Å². The van der Waals surface area contributed by atoms with E-state index < -0.39 is 6.04 Å². The Labute approximate surface area is 140 Å². The van der Waals surface area contributed by atoms with E-state index in [4.69, 9.17) is 4.74 Å². The topological polar surface area (TPSA) is 71.5 Å². The first kappa shape index (κ1) is 16.0. The maximum atomic E-state index is 12.6. The lowest BCUT2D eigenvalue weighted by Crippen LogP contribution is -2.52. The number of amides is 2. The Balaban J connectivity index is 1.78. The maximum Gasteiger partial charge on any atom is 0.265 e. The van der Waals surface area contributed by atoms with Crippen LogP contribution in [-0.4, -0.2) is 29.4 Å². The van der Waals surface area contributed by atoms with Crippen LogP contribution in [0.15, 0.2) is 48.7 Å². The highest BCUT2D eigenvalue weighted by Gasteiger charge is 2.34. The van der Waals surface area contributed by atoms with Gasteiger partial charge < -0.3 is 10.1 Å². The minimum absolute atomic E-state index is 0.0545. The van der Waals surface area contributed by atoms with Crippen molar-refractivity contribution in [1.29, 1.82) is 0 Å². The Morgan fingerprint density at radius 3 is 2.83 bits per heavy atom. The van der Waals surface area contributed by atoms with Gasteiger partial charge in [0.05, 0.1) is 17.9 Å². The molecule has 1 unspecified atom stereocenters. The molecule has 2 aromatic rings. The number of pyridine rings is 1. The zero-order chi connectivity index (χ0) is 16.9. The molecular weight excluding hydrogens is 306 g/mol. The smallest absolute Gasteiger partial charge is 0.265 e. The van der Waals surface area contributed by atoms with Crippen molar-refractivity contribution in [1.82, 2.24) is 10.3 Å². The molecule has 2 amide bonds. The van der Waals surface area contributed by atoms with E-state index in [2.05, 4.69) is 10.3 Å². The number of rotatable bonds is 5. The molecule has 0 saturated carbocycles. The molecule has 0 aliphatic carbocycles. The fourth-order valence-electron chi connectivity index (χ4n) is 2.75. The largest absolute Gasteiger partial charge is 0.482 e. The van der Waals surface area contributed by atoms with E-state index >= 15 is 0 Å². The predicted molar refractivity (Wildman–Crippen MR) is 89.6 cm³/mol. The standard InChI is InChI=1S/C18H19N3O3/c1-2-14(18(23)20-11-13-7-5-6-10-19-13)21-15-8-3-4-9-16(15)24-12-17(21)22/h3-10,14H,2,11-12H2,1H3,(H,20,23). The zero-order valence-electron chi connectivity index (χ0n) is 13.4. The van der Waals surface area contributed by atoms with Crippen molar-refractivity contribution in [2.24, 2.45) is 0 Å². The number of carbonyl (C=O) groups is 2. The van der Waals surface area contributed by atoms with E-state index in [1.54, 1.807) is 18.3 Å². The number of ether oxygens (including phenoxy) is 1. The molecule has 6 nitrogen and oxygen atoms in total. The number of carbonyl (C=O) groups excluding carboxylic acids is 2. The lowest BCUT2D eigenvalue weighted by molar-refractivity contribution is -0.128. The molecule has 124 valence electrons. The van der Waals surface area contributed by atoms with Gasteiger partial charge in [0.15, 0.2) is 6.61 Å². The third-order valence-electron chi connectivity index (χ3n) is 3.92. The molecule has 0 radical (unpaired) electrons. The summed E-state index contributed by atoms with van der Waals surface area (Å²) in [5.74, 6) is 0.204. The molecule has 1 atom stereocenters. The third kappa shape index (κ3) is 3.22. The zero-order valence-corrected chi connectivity index (χ0v) is 13.4. The van der Waals surface area contributed by atoms with Crippen molar-refractivity contribution in [3.8, 4) is 5.75 Å². The van der Waals surface area contributed by atoms with E-state index in [1.165, 1.54) is 4.90 Å². The summed E-state index contributed by atoms with van der Waals surface area (Å²) >= 11 is 0. The number of hydrogen-bond acceptors (Lipinski definition) is 4. The van der Waals surface area contributed by atoms with Crippen LogP contribution in [0.5, 0.6) is 5.75 Å². The van der Waals surface area contributed by atoms with Gasteiger partial charge >= 0.3 is 0 Å². The number of aromatic nitrogens is 1. The number of hydrogen-bond donors (Lipinski definition) is 1. The second-order valence-corrected chi connectivity index (χ2v) is 5.48. The van der Waals surface area contributed by atoms with Crippen molar-refractivity contribution < 1.29 is 14.3 Å². The number of nitrogens with one attached hydrogen (secondary N) is 1. The lowest BCUT2D eigenvalue weighted by Gasteiger charge is -2.34. The summed E-state index contributed by atoms with van der Waals surface area (Å²) in [7, 11) is 0. The van der Waals surface area contributed by atoms with E-state index in [-0.39, 0.29) is 18.4 Å². The highest BCUT2D eigenvalue weighted by atomic mass is 16.5. The van der Waals surface area contributed by atoms with E-state index in [0.29, 0.717) is 24.4 Å². The first-order chi connectivity index (χ1) is 11.7. The summed E-state index contributed by atoms with van der Waals surface area (Å²) in [6.07, 6.45) is 2.19. The molecular formula is C18H19N3O3. The van der Waals surface area contributed by atoms with Crippen LogP contribution in [0.3, 0.4) is 0 Å². The van der Waals surface area contributed by atoms with Crippen LogP contribution in [0, 0.1) is 0 Å². The van der Waals surface area contributed by atoms with E-state index in [0.717, 1.165) is 5.69 Å². The van der Waals surface area contributed by atoms with Crippen LogP contribution < -0.4 is 15.0 Å². The summed E-state index contributed by atoms with van der Waals surface area (Å²) in [5, 5.41) is 2.86. The Bertz CT molecular complexity index is 733. The van der Waals surface area contributed by atoms with E-state index in [1.807, 2.05) is 37.3 Å². The molecule has 0 spiro atoms. The Morgan fingerprint density at radius 2 is 2.08 bits per heavy atom. The average Bonchev–Trinajstić information content (AvgIpc) is 2.63. The number of nitrogens with zero attached hydrogens (tertiary/aromatic N) is 2. The first-order valence-electron chi connectivity index (χ1n) is 7.92. The van der Waals surface area contributed by atoms with Gasteiger partial charge in [-0.3, -0.25) is 19.5 Å². The minimum Gasteiger partial charge on any atom is -0.482 e. The predicted octanol–water partition coefficient (Wildman–Crippen LogP) is 1.90. The van der Waals surface area contributed by atoms with Gasteiger partial charge in [0.2, 0.25) is 5.91 Å². The quantitative estimate of drug-likeness (QED) is 0.911. The van der Waals surface area contributed by atoms with Gasteiger partial charge in [-0.2, -0.15) is 0 Å². The molecule has 1 aromatic heterocycles. The summed E-state index contributed by atoms with van der Waals surface area (Å²) in [6, 6.07) is 12.2. The Morgan fingerprint density at radius 1 is 1.29 bits per heavy atom. The molecule has 3 rings (SSSR count). The third-order valence-corrected chi connectivity index (χ3v) is 3.92. The molecule has 1 aliphatic heterocycles. The lowest BCUT2D eigenvalue weighted by atomic mass is 10.1. The number of fused-ring (bicyclic) bond motifs is 1. The van der Waals surface area contributed by atoms with Crippen molar-refractivity contribution >= 4 is 17.5 Å². The van der Waals surface area contributed by atoms with Crippen LogP contribution in [0.25, 0.3) is 0 Å². The molecule has 2 heterocycles. The molecule has 1 N–H and O–H groups in total. The van der Waals surface area contributed by atoms with Crippen molar-refractivity contribution in [2.75, 3.05) is 11.5 Å².